The minimum Gasteiger partial charge on any atom is -0.337 e. The molecule has 2 aliphatic rings. The lowest BCUT2D eigenvalue weighted by molar-refractivity contribution is -1.03. The monoisotopic (exact) mass is 302 g/mol. The highest BCUT2D eigenvalue weighted by Gasteiger charge is 2.32. The summed E-state index contributed by atoms with van der Waals surface area (Å²) in [6.07, 6.45) is 7.50. The van der Waals surface area contributed by atoms with Gasteiger partial charge in [0.1, 0.15) is 26.2 Å². The zero-order chi connectivity index (χ0) is 15.2. The van der Waals surface area contributed by atoms with Crippen molar-refractivity contribution in [3.63, 3.8) is 0 Å². The van der Waals surface area contributed by atoms with Crippen molar-refractivity contribution in [2.45, 2.75) is 18.9 Å². The van der Waals surface area contributed by atoms with Crippen LogP contribution in [-0.2, 0) is 0 Å². The Bertz CT molecular complexity index is 455. The number of benzene rings is 1. The van der Waals surface area contributed by atoms with Gasteiger partial charge in [-0.25, -0.2) is 0 Å². The SMILES string of the molecule is C[NH+]1CCC([NH+]2CC[NH+](C/C=C/c3ccccc3)CC2)CC1. The third kappa shape index (κ3) is 4.42. The molecule has 3 rings (SSSR count). The van der Waals surface area contributed by atoms with Gasteiger partial charge in [0.15, 0.2) is 0 Å². The Morgan fingerprint density at radius 3 is 2.32 bits per heavy atom. The van der Waals surface area contributed by atoms with Crippen LogP contribution in [0.2, 0.25) is 0 Å². The average Bonchev–Trinajstić information content (AvgIpc) is 2.57. The second-order valence-electron chi connectivity index (χ2n) is 7.16. The van der Waals surface area contributed by atoms with E-state index in [0.717, 1.165) is 6.04 Å². The van der Waals surface area contributed by atoms with E-state index in [1.165, 1.54) is 64.2 Å². The van der Waals surface area contributed by atoms with Gasteiger partial charge in [-0.05, 0) is 11.6 Å². The fourth-order valence-corrected chi connectivity index (χ4v) is 3.98. The smallest absolute Gasteiger partial charge is 0.127 e. The molecule has 3 N–H and O–H groups in total. The molecule has 2 saturated heterocycles. The number of hydrogen-bond acceptors (Lipinski definition) is 0. The molecule has 2 fully saturated rings. The predicted octanol–water partition coefficient (Wildman–Crippen LogP) is -1.84. The third-order valence-electron chi connectivity index (χ3n) is 5.53. The van der Waals surface area contributed by atoms with Crippen LogP contribution in [0.5, 0.6) is 0 Å². The van der Waals surface area contributed by atoms with Crippen LogP contribution in [-0.4, -0.2) is 58.9 Å². The van der Waals surface area contributed by atoms with Crippen LogP contribution in [0, 0.1) is 0 Å². The number of rotatable bonds is 4. The van der Waals surface area contributed by atoms with Gasteiger partial charge in [-0.15, -0.1) is 0 Å². The molecule has 3 heteroatoms. The number of likely N-dealkylation sites (tertiary alicyclic amines) is 1. The van der Waals surface area contributed by atoms with Gasteiger partial charge in [0.2, 0.25) is 0 Å². The quantitative estimate of drug-likeness (QED) is 0.579. The van der Waals surface area contributed by atoms with Crippen LogP contribution in [0.1, 0.15) is 18.4 Å². The van der Waals surface area contributed by atoms with E-state index in [1.54, 1.807) is 9.80 Å². The molecule has 2 heterocycles. The van der Waals surface area contributed by atoms with Crippen LogP contribution < -0.4 is 14.7 Å². The molecule has 0 atom stereocenters. The number of quaternary nitrogens is 3. The summed E-state index contributed by atoms with van der Waals surface area (Å²) in [5.74, 6) is 0. The summed E-state index contributed by atoms with van der Waals surface area (Å²) in [5.41, 5.74) is 1.32. The number of piperazine rings is 1. The summed E-state index contributed by atoms with van der Waals surface area (Å²) in [4.78, 5) is 5.38. The molecule has 2 aliphatic heterocycles. The van der Waals surface area contributed by atoms with Crippen molar-refractivity contribution in [1.82, 2.24) is 0 Å². The van der Waals surface area contributed by atoms with Crippen molar-refractivity contribution in [3.8, 4) is 0 Å². The summed E-state index contributed by atoms with van der Waals surface area (Å²) in [7, 11) is 2.34. The predicted molar refractivity (Wildman–Crippen MR) is 91.4 cm³/mol. The maximum Gasteiger partial charge on any atom is 0.127 e. The number of piperidine rings is 1. The van der Waals surface area contributed by atoms with E-state index in [-0.39, 0.29) is 0 Å². The maximum absolute atomic E-state index is 2.36. The van der Waals surface area contributed by atoms with E-state index in [0.29, 0.717) is 0 Å². The summed E-state index contributed by atoms with van der Waals surface area (Å²) in [6, 6.07) is 11.6. The summed E-state index contributed by atoms with van der Waals surface area (Å²) < 4.78 is 0. The molecule has 0 radical (unpaired) electrons. The Morgan fingerprint density at radius 1 is 0.955 bits per heavy atom. The Morgan fingerprint density at radius 2 is 1.64 bits per heavy atom. The van der Waals surface area contributed by atoms with Crippen molar-refractivity contribution in [1.29, 1.82) is 0 Å². The first-order chi connectivity index (χ1) is 10.8. The van der Waals surface area contributed by atoms with E-state index >= 15 is 0 Å². The Kier molecular flexibility index (Phi) is 5.65. The second-order valence-corrected chi connectivity index (χ2v) is 7.16. The van der Waals surface area contributed by atoms with Crippen LogP contribution in [0.15, 0.2) is 36.4 Å². The van der Waals surface area contributed by atoms with E-state index in [4.69, 9.17) is 0 Å². The lowest BCUT2D eigenvalue weighted by Gasteiger charge is -2.36. The lowest BCUT2D eigenvalue weighted by atomic mass is 10.0. The van der Waals surface area contributed by atoms with Gasteiger partial charge in [0, 0.05) is 12.8 Å². The Balaban J connectivity index is 1.39. The van der Waals surface area contributed by atoms with Gasteiger partial charge >= 0.3 is 0 Å². The van der Waals surface area contributed by atoms with Gasteiger partial charge in [-0.1, -0.05) is 36.4 Å². The molecular weight excluding hydrogens is 270 g/mol. The molecule has 0 amide bonds. The molecule has 0 spiro atoms. The molecule has 22 heavy (non-hydrogen) atoms. The zero-order valence-electron chi connectivity index (χ0n) is 14.0. The molecule has 0 aromatic heterocycles. The highest BCUT2D eigenvalue weighted by molar-refractivity contribution is 5.48. The van der Waals surface area contributed by atoms with Crippen LogP contribution in [0.4, 0.5) is 0 Å². The summed E-state index contributed by atoms with van der Waals surface area (Å²) >= 11 is 0. The molecule has 0 unspecified atom stereocenters. The lowest BCUT2D eigenvalue weighted by Crippen LogP contribution is -3.30. The maximum atomic E-state index is 2.36. The highest BCUT2D eigenvalue weighted by atomic mass is 15.3. The number of hydrogen-bond donors (Lipinski definition) is 3. The minimum atomic E-state index is 0.949. The first-order valence-corrected chi connectivity index (χ1v) is 9.02. The number of nitrogens with one attached hydrogen (secondary N) is 3. The van der Waals surface area contributed by atoms with Gasteiger partial charge in [0.05, 0.1) is 32.7 Å². The van der Waals surface area contributed by atoms with Crippen molar-refractivity contribution in [3.05, 3.63) is 42.0 Å². The van der Waals surface area contributed by atoms with Gasteiger partial charge in [-0.3, -0.25) is 0 Å². The van der Waals surface area contributed by atoms with Crippen LogP contribution in [0.25, 0.3) is 6.08 Å². The van der Waals surface area contributed by atoms with Crippen molar-refractivity contribution < 1.29 is 14.7 Å². The van der Waals surface area contributed by atoms with Crippen LogP contribution >= 0.6 is 0 Å². The molecule has 1 aromatic rings. The molecular formula is C19H32N3+3. The van der Waals surface area contributed by atoms with Gasteiger partial charge in [-0.2, -0.15) is 0 Å². The molecule has 120 valence electrons. The fourth-order valence-electron chi connectivity index (χ4n) is 3.98. The second kappa shape index (κ2) is 7.91. The molecule has 0 saturated carbocycles. The molecule has 1 aromatic carbocycles. The van der Waals surface area contributed by atoms with Crippen LogP contribution in [0.3, 0.4) is 0 Å². The first kappa shape index (κ1) is 15.7. The Labute approximate surface area is 135 Å². The Hall–Kier alpha value is -1.16. The molecule has 0 bridgehead atoms. The topological polar surface area (TPSA) is 13.3 Å². The average molecular weight is 302 g/mol. The highest BCUT2D eigenvalue weighted by Crippen LogP contribution is 1.99. The van der Waals surface area contributed by atoms with Gasteiger partial charge in [0.25, 0.3) is 0 Å². The molecule has 3 nitrogen and oxygen atoms in total. The van der Waals surface area contributed by atoms with E-state index < -0.39 is 0 Å². The minimum absolute atomic E-state index is 0.949. The van der Waals surface area contributed by atoms with Crippen molar-refractivity contribution in [2.24, 2.45) is 0 Å². The first-order valence-electron chi connectivity index (χ1n) is 9.02. The van der Waals surface area contributed by atoms with E-state index in [1.807, 2.05) is 4.90 Å². The van der Waals surface area contributed by atoms with E-state index in [2.05, 4.69) is 49.5 Å². The van der Waals surface area contributed by atoms with Crippen molar-refractivity contribution >= 4 is 6.08 Å². The fraction of sp³-hybridized carbons (Fsp3) is 0.579. The molecule has 0 aliphatic carbocycles. The largest absolute Gasteiger partial charge is 0.337 e. The third-order valence-corrected chi connectivity index (χ3v) is 5.53. The zero-order valence-corrected chi connectivity index (χ0v) is 14.0. The standard InChI is InChI=1S/C19H29N3/c1-20-12-9-19(10-13-20)22-16-14-21(15-17-22)11-5-8-18-6-3-2-4-7-18/h2-8,19H,9-17H2,1H3/p+3/b8-5+. The van der Waals surface area contributed by atoms with Crippen molar-refractivity contribution in [2.75, 3.05) is 52.9 Å². The van der Waals surface area contributed by atoms with Gasteiger partial charge < -0.3 is 14.7 Å². The summed E-state index contributed by atoms with van der Waals surface area (Å²) in [5, 5.41) is 0. The van der Waals surface area contributed by atoms with E-state index in [9.17, 15) is 0 Å². The summed E-state index contributed by atoms with van der Waals surface area (Å²) in [6.45, 7) is 9.37. The normalized spacial score (nSPS) is 33.1.